The van der Waals surface area contributed by atoms with Crippen molar-refractivity contribution in [3.05, 3.63) is 29.7 Å². The number of nitrogens with zero attached hydrogens (tertiary/aromatic N) is 6. The summed E-state index contributed by atoms with van der Waals surface area (Å²) < 4.78 is 6.74. The predicted octanol–water partition coefficient (Wildman–Crippen LogP) is 1.63. The predicted molar refractivity (Wildman–Crippen MR) is 91.9 cm³/mol. The first-order valence-electron chi connectivity index (χ1n) is 8.88. The molecule has 0 radical (unpaired) electrons. The van der Waals surface area contributed by atoms with Gasteiger partial charge in [0.1, 0.15) is 0 Å². The minimum Gasteiger partial charge on any atom is -0.340 e. The number of amides is 1. The van der Waals surface area contributed by atoms with Gasteiger partial charge >= 0.3 is 0 Å². The van der Waals surface area contributed by atoms with Crippen molar-refractivity contribution in [2.75, 3.05) is 19.6 Å². The second-order valence-corrected chi connectivity index (χ2v) is 6.57. The Hall–Kier alpha value is -2.22. The summed E-state index contributed by atoms with van der Waals surface area (Å²) in [6, 6.07) is 0.426. The summed E-state index contributed by atoms with van der Waals surface area (Å²) >= 11 is 0. The van der Waals surface area contributed by atoms with Crippen LogP contribution in [0.25, 0.3) is 0 Å². The molecule has 1 fully saturated rings. The standard InChI is InChI=1S/C17H26N6O2/c1-4-22(12-16-19-13(2)25-20-16)15-6-5-8-23(9-7-15)17(24)14-10-18-21(3)11-14/h10-11,15H,4-9,12H2,1-3H3/t15-/m1/s1. The van der Waals surface area contributed by atoms with Crippen molar-refractivity contribution in [3.8, 4) is 0 Å². The molecule has 8 nitrogen and oxygen atoms in total. The number of aromatic nitrogens is 4. The quantitative estimate of drug-likeness (QED) is 0.818. The van der Waals surface area contributed by atoms with Gasteiger partial charge in [0, 0.05) is 39.3 Å². The Morgan fingerprint density at radius 2 is 2.24 bits per heavy atom. The molecular weight excluding hydrogens is 320 g/mol. The molecule has 1 aliphatic rings. The summed E-state index contributed by atoms with van der Waals surface area (Å²) in [5, 5.41) is 8.10. The fourth-order valence-electron chi connectivity index (χ4n) is 3.45. The third-order valence-corrected chi connectivity index (χ3v) is 4.77. The van der Waals surface area contributed by atoms with E-state index < -0.39 is 0 Å². The van der Waals surface area contributed by atoms with Crippen molar-refractivity contribution in [2.45, 2.75) is 45.7 Å². The molecule has 25 heavy (non-hydrogen) atoms. The van der Waals surface area contributed by atoms with Crippen molar-refractivity contribution in [1.82, 2.24) is 29.7 Å². The molecule has 3 rings (SSSR count). The summed E-state index contributed by atoms with van der Waals surface area (Å²) in [6.07, 6.45) is 6.44. The first-order valence-corrected chi connectivity index (χ1v) is 8.88. The van der Waals surface area contributed by atoms with Gasteiger partial charge in [0.05, 0.1) is 18.3 Å². The maximum atomic E-state index is 12.6. The lowest BCUT2D eigenvalue weighted by molar-refractivity contribution is 0.0756. The van der Waals surface area contributed by atoms with Crippen molar-refractivity contribution >= 4 is 5.91 Å². The Kier molecular flexibility index (Phi) is 5.47. The van der Waals surface area contributed by atoms with Crippen molar-refractivity contribution in [2.24, 2.45) is 7.05 Å². The number of rotatable bonds is 5. The molecule has 2 aromatic rings. The molecule has 0 aliphatic carbocycles. The van der Waals surface area contributed by atoms with Crippen LogP contribution >= 0.6 is 0 Å². The van der Waals surface area contributed by atoms with E-state index in [4.69, 9.17) is 4.52 Å². The lowest BCUT2D eigenvalue weighted by Gasteiger charge is -2.28. The van der Waals surface area contributed by atoms with Crippen LogP contribution in [-0.2, 0) is 13.6 Å². The Balaban J connectivity index is 1.60. The second kappa shape index (κ2) is 7.77. The summed E-state index contributed by atoms with van der Waals surface area (Å²) in [5.74, 6) is 1.40. The van der Waals surface area contributed by atoms with E-state index in [1.54, 1.807) is 24.0 Å². The van der Waals surface area contributed by atoms with E-state index in [9.17, 15) is 4.79 Å². The fraction of sp³-hybridized carbons (Fsp3) is 0.647. The van der Waals surface area contributed by atoms with Gasteiger partial charge < -0.3 is 9.42 Å². The molecular formula is C17H26N6O2. The van der Waals surface area contributed by atoms with E-state index in [0.717, 1.165) is 44.7 Å². The highest BCUT2D eigenvalue weighted by Crippen LogP contribution is 2.20. The highest BCUT2D eigenvalue weighted by molar-refractivity contribution is 5.93. The van der Waals surface area contributed by atoms with Crippen LogP contribution in [0.15, 0.2) is 16.9 Å². The van der Waals surface area contributed by atoms with Crippen LogP contribution in [0.3, 0.4) is 0 Å². The molecule has 8 heteroatoms. The van der Waals surface area contributed by atoms with E-state index in [0.29, 0.717) is 24.0 Å². The van der Waals surface area contributed by atoms with Gasteiger partial charge in [0.25, 0.3) is 5.91 Å². The number of aryl methyl sites for hydroxylation is 2. The summed E-state index contributed by atoms with van der Waals surface area (Å²) in [4.78, 5) is 21.3. The van der Waals surface area contributed by atoms with Gasteiger partial charge in [0.15, 0.2) is 5.82 Å². The molecule has 136 valence electrons. The number of carbonyl (C=O) groups is 1. The van der Waals surface area contributed by atoms with Crippen LogP contribution in [0.4, 0.5) is 0 Å². The van der Waals surface area contributed by atoms with Crippen molar-refractivity contribution in [1.29, 1.82) is 0 Å². The van der Waals surface area contributed by atoms with Gasteiger partial charge in [-0.1, -0.05) is 12.1 Å². The molecule has 2 aromatic heterocycles. The lowest BCUT2D eigenvalue weighted by Crippen LogP contribution is -2.37. The first kappa shape index (κ1) is 17.6. The fourth-order valence-corrected chi connectivity index (χ4v) is 3.45. The first-order chi connectivity index (χ1) is 12.1. The molecule has 1 atom stereocenters. The molecule has 0 spiro atoms. The van der Waals surface area contributed by atoms with E-state index in [-0.39, 0.29) is 5.91 Å². The number of likely N-dealkylation sites (tertiary alicyclic amines) is 1. The molecule has 0 bridgehead atoms. The molecule has 3 heterocycles. The van der Waals surface area contributed by atoms with Crippen LogP contribution < -0.4 is 0 Å². The van der Waals surface area contributed by atoms with E-state index in [2.05, 4.69) is 27.1 Å². The summed E-state index contributed by atoms with van der Waals surface area (Å²) in [6.45, 7) is 7.13. The maximum Gasteiger partial charge on any atom is 0.257 e. The average molecular weight is 346 g/mol. The van der Waals surface area contributed by atoms with Gasteiger partial charge in [0.2, 0.25) is 5.89 Å². The number of hydrogen-bond donors (Lipinski definition) is 0. The van der Waals surface area contributed by atoms with E-state index in [1.807, 2.05) is 11.9 Å². The zero-order chi connectivity index (χ0) is 17.8. The van der Waals surface area contributed by atoms with Crippen molar-refractivity contribution in [3.63, 3.8) is 0 Å². The smallest absolute Gasteiger partial charge is 0.257 e. The maximum absolute atomic E-state index is 12.6. The Morgan fingerprint density at radius 3 is 2.88 bits per heavy atom. The van der Waals surface area contributed by atoms with Crippen LogP contribution in [0.1, 0.15) is 48.3 Å². The van der Waals surface area contributed by atoms with Gasteiger partial charge in [-0.2, -0.15) is 10.1 Å². The molecule has 1 aliphatic heterocycles. The summed E-state index contributed by atoms with van der Waals surface area (Å²) in [7, 11) is 1.83. The zero-order valence-electron chi connectivity index (χ0n) is 15.2. The van der Waals surface area contributed by atoms with Gasteiger partial charge in [-0.15, -0.1) is 0 Å². The van der Waals surface area contributed by atoms with Gasteiger partial charge in [-0.3, -0.25) is 14.4 Å². The topological polar surface area (TPSA) is 80.3 Å². The Morgan fingerprint density at radius 1 is 1.40 bits per heavy atom. The SMILES string of the molecule is CCN(Cc1noc(C)n1)[C@@H]1CCCN(C(=O)c2cnn(C)c2)CC1. The molecule has 0 N–H and O–H groups in total. The molecule has 1 amide bonds. The average Bonchev–Trinajstić information content (AvgIpc) is 3.13. The highest BCUT2D eigenvalue weighted by atomic mass is 16.5. The van der Waals surface area contributed by atoms with Crippen LogP contribution in [0.5, 0.6) is 0 Å². The summed E-state index contributed by atoms with van der Waals surface area (Å²) in [5.41, 5.74) is 0.663. The molecule has 0 unspecified atom stereocenters. The molecule has 1 saturated heterocycles. The Labute approximate surface area is 147 Å². The monoisotopic (exact) mass is 346 g/mol. The third kappa shape index (κ3) is 4.25. The normalized spacial score (nSPS) is 18.6. The van der Waals surface area contributed by atoms with Crippen molar-refractivity contribution < 1.29 is 9.32 Å². The molecule has 0 aromatic carbocycles. The highest BCUT2D eigenvalue weighted by Gasteiger charge is 2.26. The molecule has 0 saturated carbocycles. The minimum absolute atomic E-state index is 0.0746. The van der Waals surface area contributed by atoms with Gasteiger partial charge in [-0.05, 0) is 25.8 Å². The number of hydrogen-bond acceptors (Lipinski definition) is 6. The van der Waals surface area contributed by atoms with Gasteiger partial charge in [-0.25, -0.2) is 0 Å². The minimum atomic E-state index is 0.0746. The lowest BCUT2D eigenvalue weighted by atomic mass is 10.1. The zero-order valence-corrected chi connectivity index (χ0v) is 15.2. The second-order valence-electron chi connectivity index (χ2n) is 6.57. The van der Waals surface area contributed by atoms with E-state index in [1.165, 1.54) is 0 Å². The third-order valence-electron chi connectivity index (χ3n) is 4.77. The van der Waals surface area contributed by atoms with Crippen LogP contribution in [0, 0.1) is 6.92 Å². The Bertz CT molecular complexity index is 710. The largest absolute Gasteiger partial charge is 0.340 e. The number of carbonyl (C=O) groups excluding carboxylic acids is 1. The van der Waals surface area contributed by atoms with Crippen LogP contribution in [-0.4, -0.2) is 61.3 Å². The van der Waals surface area contributed by atoms with Crippen LogP contribution in [0.2, 0.25) is 0 Å². The van der Waals surface area contributed by atoms with E-state index >= 15 is 0 Å².